The van der Waals surface area contributed by atoms with Gasteiger partial charge in [0.05, 0.1) is 25.4 Å². The van der Waals surface area contributed by atoms with Crippen molar-refractivity contribution < 1.29 is 42.4 Å². The zero-order chi connectivity index (χ0) is 34.5. The van der Waals surface area contributed by atoms with Crippen molar-refractivity contribution in [2.24, 2.45) is 0 Å². The number of likely N-dealkylation sites (tertiary alicyclic amines) is 2. The molecule has 262 valence electrons. The molecule has 0 aliphatic carbocycles. The van der Waals surface area contributed by atoms with Gasteiger partial charge in [-0.25, -0.2) is 0 Å². The highest BCUT2D eigenvalue weighted by Crippen LogP contribution is 2.39. The highest BCUT2D eigenvalue weighted by atomic mass is 19.4. The number of ether oxygens (including phenoxy) is 2. The van der Waals surface area contributed by atoms with Gasteiger partial charge in [0.25, 0.3) is 0 Å². The number of nitrogens with zero attached hydrogens (tertiary/aromatic N) is 2. The van der Waals surface area contributed by atoms with Gasteiger partial charge in [0.1, 0.15) is 6.04 Å². The average molecular weight is 682 g/mol. The lowest BCUT2D eigenvalue weighted by Crippen LogP contribution is -2.50. The van der Waals surface area contributed by atoms with Crippen LogP contribution in [0.2, 0.25) is 0 Å². The molecule has 0 aromatic heterocycles. The molecule has 3 aromatic rings. The van der Waals surface area contributed by atoms with Gasteiger partial charge in [0, 0.05) is 37.7 Å². The summed E-state index contributed by atoms with van der Waals surface area (Å²) in [6.07, 6.45) is -2.79. The Morgan fingerprint density at radius 1 is 0.857 bits per heavy atom. The largest absolute Gasteiger partial charge is 0.471 e. The zero-order valence-electron chi connectivity index (χ0n) is 27.1. The van der Waals surface area contributed by atoms with Crippen LogP contribution in [0.4, 0.5) is 13.2 Å². The van der Waals surface area contributed by atoms with Gasteiger partial charge in [-0.15, -0.1) is 0 Å². The number of nitrogens with one attached hydrogen (secondary N) is 1. The van der Waals surface area contributed by atoms with E-state index in [-0.39, 0.29) is 51.0 Å². The van der Waals surface area contributed by atoms with Gasteiger partial charge < -0.3 is 29.9 Å². The van der Waals surface area contributed by atoms with Gasteiger partial charge in [-0.2, -0.15) is 13.2 Å². The van der Waals surface area contributed by atoms with Crippen LogP contribution in [-0.4, -0.2) is 82.4 Å². The lowest BCUT2D eigenvalue weighted by atomic mass is 9.98. The molecule has 0 saturated carbocycles. The number of amides is 2. The first kappa shape index (κ1) is 35.0. The molecule has 3 N–H and O–H groups in total. The fraction of sp³-hybridized carbons (Fsp3) is 0.459. The molecule has 3 aliphatic rings. The maximum Gasteiger partial charge on any atom is 0.471 e. The van der Waals surface area contributed by atoms with Crippen molar-refractivity contribution in [2.75, 3.05) is 26.2 Å². The number of aliphatic hydroxyl groups excluding tert-OH is 2. The van der Waals surface area contributed by atoms with Gasteiger partial charge in [-0.05, 0) is 66.1 Å². The number of benzene rings is 3. The van der Waals surface area contributed by atoms with Crippen molar-refractivity contribution in [1.29, 1.82) is 0 Å². The van der Waals surface area contributed by atoms with E-state index in [0.717, 1.165) is 52.8 Å². The summed E-state index contributed by atoms with van der Waals surface area (Å²) in [5.41, 5.74) is 5.25. The van der Waals surface area contributed by atoms with E-state index in [1.807, 2.05) is 72.8 Å². The zero-order valence-corrected chi connectivity index (χ0v) is 27.1. The number of alkyl halides is 3. The highest BCUT2D eigenvalue weighted by Gasteiger charge is 2.47. The molecule has 2 amide bonds. The summed E-state index contributed by atoms with van der Waals surface area (Å²) in [4.78, 5) is 27.5. The van der Waals surface area contributed by atoms with E-state index in [0.29, 0.717) is 24.3 Å². The molecule has 12 heteroatoms. The maximum absolute atomic E-state index is 13.0. The molecular weight excluding hydrogens is 639 g/mol. The van der Waals surface area contributed by atoms with E-state index < -0.39 is 30.3 Å². The second-order valence-corrected chi connectivity index (χ2v) is 13.0. The number of hydrogen-bond acceptors (Lipinski definition) is 7. The Morgan fingerprint density at radius 3 is 2.31 bits per heavy atom. The van der Waals surface area contributed by atoms with Gasteiger partial charge in [0.2, 0.25) is 5.91 Å². The van der Waals surface area contributed by atoms with Gasteiger partial charge >= 0.3 is 12.1 Å². The Labute approximate surface area is 283 Å². The van der Waals surface area contributed by atoms with E-state index in [2.05, 4.69) is 10.2 Å². The molecule has 0 spiro atoms. The maximum atomic E-state index is 13.0. The number of halogens is 3. The molecule has 9 nitrogen and oxygen atoms in total. The lowest BCUT2D eigenvalue weighted by Gasteiger charge is -2.38. The first-order valence-electron chi connectivity index (χ1n) is 16.8. The fourth-order valence-electron chi connectivity index (χ4n) is 7.08. The quantitative estimate of drug-likeness (QED) is 0.276. The van der Waals surface area contributed by atoms with E-state index in [1.165, 1.54) is 0 Å². The van der Waals surface area contributed by atoms with Crippen molar-refractivity contribution in [3.8, 4) is 11.1 Å². The standard InChI is InChI=1S/C37H42F3N3O6/c38-37(39,40)36(47)43-17-3-7-32(43)34(46)41-20-25-4-1-5-29(18-25)26-12-14-28(15-13-26)35-48-31(21-42-16-2-6-30(42)23-45)19-33(49-35)27-10-8-24(22-44)9-11-27/h1,4-5,8-15,18,30-33,35,44-45H,2-3,6-7,16-17,19-23H2,(H,41,46). The van der Waals surface area contributed by atoms with Crippen LogP contribution in [0.15, 0.2) is 72.8 Å². The van der Waals surface area contributed by atoms with E-state index >= 15 is 0 Å². The predicted octanol–water partition coefficient (Wildman–Crippen LogP) is 5.02. The summed E-state index contributed by atoms with van der Waals surface area (Å²) in [5.74, 6) is -2.58. The van der Waals surface area contributed by atoms with Crippen molar-refractivity contribution >= 4 is 11.8 Å². The third kappa shape index (κ3) is 8.33. The number of rotatable bonds is 10. The van der Waals surface area contributed by atoms with E-state index in [4.69, 9.17) is 9.47 Å². The first-order chi connectivity index (χ1) is 23.6. The van der Waals surface area contributed by atoms with Crippen LogP contribution in [0.5, 0.6) is 0 Å². The molecule has 3 saturated heterocycles. The lowest BCUT2D eigenvalue weighted by molar-refractivity contribution is -0.253. The number of carbonyl (C=O) groups is 2. The molecular formula is C37H42F3N3O6. The van der Waals surface area contributed by atoms with Crippen molar-refractivity contribution in [3.63, 3.8) is 0 Å². The topological polar surface area (TPSA) is 112 Å². The molecule has 3 aromatic carbocycles. The summed E-state index contributed by atoms with van der Waals surface area (Å²) < 4.78 is 52.0. The van der Waals surface area contributed by atoms with Crippen LogP contribution in [-0.2, 0) is 32.2 Å². The van der Waals surface area contributed by atoms with Crippen molar-refractivity contribution in [2.45, 2.75) is 82.0 Å². The summed E-state index contributed by atoms with van der Waals surface area (Å²) >= 11 is 0. The highest BCUT2D eigenvalue weighted by molar-refractivity contribution is 5.90. The summed E-state index contributed by atoms with van der Waals surface area (Å²) in [5, 5.41) is 22.1. The Hall–Kier alpha value is -3.81. The summed E-state index contributed by atoms with van der Waals surface area (Å²) in [6.45, 7) is 1.70. The van der Waals surface area contributed by atoms with Crippen LogP contribution in [0.25, 0.3) is 11.1 Å². The van der Waals surface area contributed by atoms with Crippen LogP contribution >= 0.6 is 0 Å². The smallest absolute Gasteiger partial charge is 0.395 e. The average Bonchev–Trinajstić information content (AvgIpc) is 3.80. The monoisotopic (exact) mass is 681 g/mol. The molecule has 0 bridgehead atoms. The number of hydrogen-bond donors (Lipinski definition) is 3. The second-order valence-electron chi connectivity index (χ2n) is 13.0. The molecule has 6 rings (SSSR count). The molecule has 0 radical (unpaired) electrons. The fourth-order valence-corrected chi connectivity index (χ4v) is 7.08. The Balaban J connectivity index is 1.13. The van der Waals surface area contributed by atoms with E-state index in [9.17, 15) is 33.0 Å². The van der Waals surface area contributed by atoms with Crippen LogP contribution in [0.1, 0.15) is 66.8 Å². The predicted molar refractivity (Wildman–Crippen MR) is 175 cm³/mol. The Bertz CT molecular complexity index is 1590. The minimum Gasteiger partial charge on any atom is -0.395 e. The Kier molecular flexibility index (Phi) is 11.0. The SMILES string of the molecule is O=C(NCc1cccc(-c2ccc(C3OC(CN4CCCC4CO)CC(c4ccc(CO)cc4)O3)cc2)c1)C1CCCN1C(=O)C(F)(F)F. The van der Waals surface area contributed by atoms with Crippen LogP contribution in [0, 0.1) is 0 Å². The molecule has 5 atom stereocenters. The summed E-state index contributed by atoms with van der Waals surface area (Å²) in [6, 6.07) is 22.1. The molecule has 3 fully saturated rings. The van der Waals surface area contributed by atoms with Crippen LogP contribution in [0.3, 0.4) is 0 Å². The normalized spacial score (nSPS) is 24.7. The molecule has 49 heavy (non-hydrogen) atoms. The van der Waals surface area contributed by atoms with Gasteiger partial charge in [-0.3, -0.25) is 14.5 Å². The van der Waals surface area contributed by atoms with E-state index in [1.54, 1.807) is 0 Å². The minimum absolute atomic E-state index is 0.0334. The van der Waals surface area contributed by atoms with Crippen molar-refractivity contribution in [1.82, 2.24) is 15.1 Å². The minimum atomic E-state index is -5.02. The number of carbonyl (C=O) groups excluding carboxylic acids is 2. The molecule has 3 aliphatic heterocycles. The van der Waals surface area contributed by atoms with Crippen molar-refractivity contribution in [3.05, 3.63) is 95.1 Å². The third-order valence-electron chi connectivity index (χ3n) is 9.73. The Morgan fingerprint density at radius 2 is 1.59 bits per heavy atom. The first-order valence-corrected chi connectivity index (χ1v) is 16.8. The molecule has 5 unspecified atom stereocenters. The number of aliphatic hydroxyl groups is 2. The molecule has 3 heterocycles. The summed E-state index contributed by atoms with van der Waals surface area (Å²) in [7, 11) is 0. The third-order valence-corrected chi connectivity index (χ3v) is 9.73. The van der Waals surface area contributed by atoms with Gasteiger partial charge in [-0.1, -0.05) is 66.7 Å². The van der Waals surface area contributed by atoms with Gasteiger partial charge in [0.15, 0.2) is 6.29 Å². The second kappa shape index (κ2) is 15.4. The van der Waals surface area contributed by atoms with Crippen LogP contribution < -0.4 is 5.32 Å².